The van der Waals surface area contributed by atoms with Gasteiger partial charge in [-0.15, -0.1) is 11.3 Å². The van der Waals surface area contributed by atoms with Gasteiger partial charge in [0.25, 0.3) is 0 Å². The summed E-state index contributed by atoms with van der Waals surface area (Å²) in [7, 11) is 0. The summed E-state index contributed by atoms with van der Waals surface area (Å²) in [6.45, 7) is 6.43. The molecule has 1 aromatic rings. The molecule has 2 nitrogen and oxygen atoms in total. The molecule has 0 amide bonds. The molecule has 1 atom stereocenters. The van der Waals surface area contributed by atoms with Crippen LogP contribution < -0.4 is 0 Å². The number of hydrogen-bond donors (Lipinski definition) is 1. The van der Waals surface area contributed by atoms with Gasteiger partial charge in [0.2, 0.25) is 0 Å². The van der Waals surface area contributed by atoms with Crippen LogP contribution in [-0.4, -0.2) is 11.1 Å². The summed E-state index contributed by atoms with van der Waals surface area (Å²) in [6.07, 6.45) is 1.11. The van der Waals surface area contributed by atoms with E-state index >= 15 is 0 Å². The van der Waals surface area contributed by atoms with Crippen LogP contribution in [0.3, 0.4) is 0 Å². The topological polar surface area (TPSA) is 37.3 Å². The second-order valence-corrected chi connectivity index (χ2v) is 7.09. The fourth-order valence-electron chi connectivity index (χ4n) is 1.77. The van der Waals surface area contributed by atoms with Gasteiger partial charge in [-0.25, -0.2) is 0 Å². The van der Waals surface area contributed by atoms with Crippen molar-refractivity contribution in [2.24, 2.45) is 5.41 Å². The Bertz CT molecular complexity index is 365. The second kappa shape index (κ2) is 5.32. The average Bonchev–Trinajstić information content (AvgIpc) is 2.47. The monoisotopic (exact) mass is 304 g/mol. The molecule has 0 saturated carbocycles. The lowest BCUT2D eigenvalue weighted by Crippen LogP contribution is -2.14. The SMILES string of the molecule is CC(C)(C)CC(CC(=O)O)c1cc(Br)cs1. The first-order valence-electron chi connectivity index (χ1n) is 5.23. The van der Waals surface area contributed by atoms with Crippen molar-refractivity contribution >= 4 is 33.2 Å². The molecule has 1 unspecified atom stereocenters. The van der Waals surface area contributed by atoms with E-state index in [1.807, 2.05) is 11.4 Å². The zero-order chi connectivity index (χ0) is 12.3. The van der Waals surface area contributed by atoms with Crippen LogP contribution in [0.1, 0.15) is 44.4 Å². The molecule has 0 aliphatic heterocycles. The van der Waals surface area contributed by atoms with E-state index in [2.05, 4.69) is 36.7 Å². The smallest absolute Gasteiger partial charge is 0.303 e. The molecule has 0 spiro atoms. The van der Waals surface area contributed by atoms with Gasteiger partial charge in [0.1, 0.15) is 0 Å². The molecule has 1 rings (SSSR count). The summed E-state index contributed by atoms with van der Waals surface area (Å²) in [4.78, 5) is 12.0. The number of rotatable bonds is 4. The normalized spacial score (nSPS) is 13.8. The van der Waals surface area contributed by atoms with E-state index in [0.717, 1.165) is 15.8 Å². The van der Waals surface area contributed by atoms with Crippen molar-refractivity contribution in [1.29, 1.82) is 0 Å². The van der Waals surface area contributed by atoms with E-state index in [1.54, 1.807) is 11.3 Å². The average molecular weight is 305 g/mol. The van der Waals surface area contributed by atoms with Crippen LogP contribution >= 0.6 is 27.3 Å². The Kier molecular flexibility index (Phi) is 4.56. The Morgan fingerprint density at radius 2 is 2.19 bits per heavy atom. The van der Waals surface area contributed by atoms with Gasteiger partial charge in [-0.1, -0.05) is 20.8 Å². The number of halogens is 1. The molecular weight excluding hydrogens is 288 g/mol. The van der Waals surface area contributed by atoms with Gasteiger partial charge in [0, 0.05) is 20.6 Å². The highest BCUT2D eigenvalue weighted by Gasteiger charge is 2.23. The molecular formula is C12H17BrO2S. The summed E-state index contributed by atoms with van der Waals surface area (Å²) < 4.78 is 1.04. The Morgan fingerprint density at radius 1 is 1.56 bits per heavy atom. The zero-order valence-corrected chi connectivity index (χ0v) is 12.2. The van der Waals surface area contributed by atoms with Crippen LogP contribution in [0.4, 0.5) is 0 Å². The molecule has 0 saturated heterocycles. The predicted octanol–water partition coefficient (Wildman–Crippen LogP) is 4.51. The minimum Gasteiger partial charge on any atom is -0.481 e. The largest absolute Gasteiger partial charge is 0.481 e. The fraction of sp³-hybridized carbons (Fsp3) is 0.583. The number of hydrogen-bond acceptors (Lipinski definition) is 2. The Labute approximate surface area is 109 Å². The lowest BCUT2D eigenvalue weighted by Gasteiger charge is -2.24. The van der Waals surface area contributed by atoms with Crippen LogP contribution in [0, 0.1) is 5.41 Å². The van der Waals surface area contributed by atoms with Crippen LogP contribution in [0.15, 0.2) is 15.9 Å². The molecule has 1 heterocycles. The highest BCUT2D eigenvalue weighted by molar-refractivity contribution is 9.10. The molecule has 0 fully saturated rings. The van der Waals surface area contributed by atoms with Crippen LogP contribution in [0.5, 0.6) is 0 Å². The highest BCUT2D eigenvalue weighted by Crippen LogP contribution is 2.37. The molecule has 16 heavy (non-hydrogen) atoms. The number of thiophene rings is 1. The van der Waals surface area contributed by atoms with Gasteiger partial charge < -0.3 is 5.11 Å². The first kappa shape index (κ1) is 13.7. The van der Waals surface area contributed by atoms with E-state index in [-0.39, 0.29) is 17.8 Å². The Hall–Kier alpha value is -0.350. The minimum absolute atomic E-state index is 0.119. The van der Waals surface area contributed by atoms with E-state index in [9.17, 15) is 4.79 Å². The van der Waals surface area contributed by atoms with Crippen molar-refractivity contribution in [3.8, 4) is 0 Å². The first-order valence-corrected chi connectivity index (χ1v) is 6.91. The van der Waals surface area contributed by atoms with Crippen molar-refractivity contribution in [2.45, 2.75) is 39.5 Å². The standard InChI is InChI=1S/C12H17BrO2S/c1-12(2,3)6-8(4-11(14)15)10-5-9(13)7-16-10/h5,7-8H,4,6H2,1-3H3,(H,14,15). The van der Waals surface area contributed by atoms with Gasteiger partial charge in [-0.05, 0) is 33.8 Å². The maximum atomic E-state index is 10.9. The molecule has 0 aliphatic carbocycles. The second-order valence-electron chi connectivity index (χ2n) is 5.23. The third kappa shape index (κ3) is 4.66. The molecule has 0 aromatic carbocycles. The van der Waals surface area contributed by atoms with Crippen molar-refractivity contribution in [3.63, 3.8) is 0 Å². The number of aliphatic carboxylic acids is 1. The number of carboxylic acid groups (broad SMARTS) is 1. The van der Waals surface area contributed by atoms with Crippen molar-refractivity contribution < 1.29 is 9.90 Å². The first-order chi connectivity index (χ1) is 7.28. The van der Waals surface area contributed by atoms with E-state index < -0.39 is 5.97 Å². The molecule has 0 radical (unpaired) electrons. The summed E-state index contributed by atoms with van der Waals surface area (Å²) in [5, 5.41) is 10.9. The maximum absolute atomic E-state index is 10.9. The van der Waals surface area contributed by atoms with E-state index in [4.69, 9.17) is 5.11 Å². The van der Waals surface area contributed by atoms with Crippen molar-refractivity contribution in [2.75, 3.05) is 0 Å². The number of carbonyl (C=O) groups is 1. The fourth-order valence-corrected chi connectivity index (χ4v) is 3.32. The van der Waals surface area contributed by atoms with Crippen molar-refractivity contribution in [1.82, 2.24) is 0 Å². The molecule has 0 bridgehead atoms. The van der Waals surface area contributed by atoms with Gasteiger partial charge in [-0.3, -0.25) is 4.79 Å². The summed E-state index contributed by atoms with van der Waals surface area (Å²) in [6, 6.07) is 2.03. The predicted molar refractivity (Wildman–Crippen MR) is 71.1 cm³/mol. The third-order valence-corrected chi connectivity index (χ3v) is 4.13. The Balaban J connectivity index is 2.83. The summed E-state index contributed by atoms with van der Waals surface area (Å²) >= 11 is 5.04. The molecule has 1 N–H and O–H groups in total. The van der Waals surface area contributed by atoms with Gasteiger partial charge in [-0.2, -0.15) is 0 Å². The van der Waals surface area contributed by atoms with E-state index in [1.165, 1.54) is 0 Å². The van der Waals surface area contributed by atoms with Crippen LogP contribution in [-0.2, 0) is 4.79 Å². The zero-order valence-electron chi connectivity index (χ0n) is 9.79. The van der Waals surface area contributed by atoms with Crippen LogP contribution in [0.2, 0.25) is 0 Å². The maximum Gasteiger partial charge on any atom is 0.303 e. The van der Waals surface area contributed by atoms with Crippen molar-refractivity contribution in [3.05, 3.63) is 20.8 Å². The quantitative estimate of drug-likeness (QED) is 0.889. The highest BCUT2D eigenvalue weighted by atomic mass is 79.9. The molecule has 1 aromatic heterocycles. The van der Waals surface area contributed by atoms with E-state index in [0.29, 0.717) is 0 Å². The summed E-state index contributed by atoms with van der Waals surface area (Å²) in [5.41, 5.74) is 0.149. The molecule has 4 heteroatoms. The third-order valence-electron chi connectivity index (χ3n) is 2.27. The number of carboxylic acids is 1. The van der Waals surface area contributed by atoms with Crippen LogP contribution in [0.25, 0.3) is 0 Å². The van der Waals surface area contributed by atoms with Gasteiger partial charge >= 0.3 is 5.97 Å². The minimum atomic E-state index is -0.723. The summed E-state index contributed by atoms with van der Waals surface area (Å²) in [5.74, 6) is -0.604. The molecule has 90 valence electrons. The molecule has 0 aliphatic rings. The Morgan fingerprint density at radius 3 is 2.56 bits per heavy atom. The lowest BCUT2D eigenvalue weighted by molar-refractivity contribution is -0.137. The van der Waals surface area contributed by atoms with Gasteiger partial charge in [0.15, 0.2) is 0 Å². The van der Waals surface area contributed by atoms with Gasteiger partial charge in [0.05, 0.1) is 6.42 Å². The lowest BCUT2D eigenvalue weighted by atomic mass is 9.82.